The van der Waals surface area contributed by atoms with Crippen molar-refractivity contribution in [1.29, 1.82) is 0 Å². The van der Waals surface area contributed by atoms with Gasteiger partial charge in [-0.1, -0.05) is 0 Å². The highest BCUT2D eigenvalue weighted by atomic mass is 16.5. The van der Waals surface area contributed by atoms with Crippen molar-refractivity contribution < 1.29 is 9.47 Å². The van der Waals surface area contributed by atoms with Gasteiger partial charge in [-0.3, -0.25) is 0 Å². The van der Waals surface area contributed by atoms with Crippen LogP contribution in [-0.4, -0.2) is 49.4 Å². The first-order valence-electron chi connectivity index (χ1n) is 4.50. The third kappa shape index (κ3) is 3.55. The lowest BCUT2D eigenvalue weighted by molar-refractivity contribution is 0.210. The predicted molar refractivity (Wildman–Crippen MR) is 56.3 cm³/mol. The van der Waals surface area contributed by atoms with E-state index >= 15 is 0 Å². The van der Waals surface area contributed by atoms with Crippen molar-refractivity contribution in [2.24, 2.45) is 0 Å². The Labute approximate surface area is 88.2 Å². The number of ether oxygens (including phenoxy) is 2. The van der Waals surface area contributed by atoms with Crippen LogP contribution >= 0.6 is 0 Å². The average Bonchev–Trinajstić information content (AvgIpc) is 2.29. The van der Waals surface area contributed by atoms with Crippen molar-refractivity contribution in [3.8, 4) is 6.01 Å². The van der Waals surface area contributed by atoms with Crippen LogP contribution < -0.4 is 15.4 Å². The standard InChI is InChI=1S/C8H15N5O2/c1-9-6-11-7(10-4-5-14-2)13-8(12-6)15-3/h4-5H2,1-3H3,(H2,9,10,11,12,13). The summed E-state index contributed by atoms with van der Waals surface area (Å²) < 4.78 is 9.83. The van der Waals surface area contributed by atoms with Crippen LogP contribution in [-0.2, 0) is 4.74 Å². The van der Waals surface area contributed by atoms with E-state index in [0.717, 1.165) is 0 Å². The van der Waals surface area contributed by atoms with Gasteiger partial charge in [0.1, 0.15) is 0 Å². The van der Waals surface area contributed by atoms with Gasteiger partial charge in [0.2, 0.25) is 11.9 Å². The van der Waals surface area contributed by atoms with Crippen molar-refractivity contribution in [3.63, 3.8) is 0 Å². The molecule has 0 unspecified atom stereocenters. The summed E-state index contributed by atoms with van der Waals surface area (Å²) >= 11 is 0. The largest absolute Gasteiger partial charge is 0.467 e. The van der Waals surface area contributed by atoms with Crippen molar-refractivity contribution in [2.45, 2.75) is 0 Å². The Morgan fingerprint density at radius 2 is 1.87 bits per heavy atom. The van der Waals surface area contributed by atoms with Gasteiger partial charge >= 0.3 is 6.01 Å². The highest BCUT2D eigenvalue weighted by molar-refractivity contribution is 5.35. The Kier molecular flexibility index (Phi) is 4.55. The quantitative estimate of drug-likeness (QED) is 0.643. The van der Waals surface area contributed by atoms with Crippen LogP contribution in [0.5, 0.6) is 6.01 Å². The van der Waals surface area contributed by atoms with Gasteiger partial charge in [0, 0.05) is 20.7 Å². The molecule has 84 valence electrons. The zero-order valence-electron chi connectivity index (χ0n) is 9.07. The normalized spacial score (nSPS) is 9.80. The van der Waals surface area contributed by atoms with Crippen LogP contribution in [0.25, 0.3) is 0 Å². The minimum atomic E-state index is 0.272. The van der Waals surface area contributed by atoms with Gasteiger partial charge < -0.3 is 20.1 Å². The molecule has 7 heteroatoms. The van der Waals surface area contributed by atoms with E-state index in [4.69, 9.17) is 9.47 Å². The number of hydrogen-bond donors (Lipinski definition) is 2. The number of methoxy groups -OCH3 is 2. The van der Waals surface area contributed by atoms with Crippen molar-refractivity contribution in [3.05, 3.63) is 0 Å². The number of rotatable bonds is 6. The summed E-state index contributed by atoms with van der Waals surface area (Å²) in [5.41, 5.74) is 0. The minimum absolute atomic E-state index is 0.272. The molecule has 1 aromatic heterocycles. The second kappa shape index (κ2) is 5.97. The second-order valence-electron chi connectivity index (χ2n) is 2.64. The smallest absolute Gasteiger partial charge is 0.322 e. The molecule has 15 heavy (non-hydrogen) atoms. The molecule has 2 N–H and O–H groups in total. The van der Waals surface area contributed by atoms with Crippen LogP contribution in [0.2, 0.25) is 0 Å². The molecule has 0 atom stereocenters. The summed E-state index contributed by atoms with van der Waals surface area (Å²) in [7, 11) is 4.87. The fraction of sp³-hybridized carbons (Fsp3) is 0.625. The Morgan fingerprint density at radius 3 is 2.47 bits per heavy atom. The predicted octanol–water partition coefficient (Wildman–Crippen LogP) is -0.0198. The third-order valence-corrected chi connectivity index (χ3v) is 1.61. The lowest BCUT2D eigenvalue weighted by Crippen LogP contribution is -2.12. The number of nitrogens with one attached hydrogen (secondary N) is 2. The zero-order chi connectivity index (χ0) is 11.1. The van der Waals surface area contributed by atoms with Gasteiger partial charge in [-0.25, -0.2) is 0 Å². The van der Waals surface area contributed by atoms with Crippen molar-refractivity contribution in [2.75, 3.05) is 45.1 Å². The van der Waals surface area contributed by atoms with Gasteiger partial charge in [0.25, 0.3) is 0 Å². The van der Waals surface area contributed by atoms with Crippen LogP contribution in [0, 0.1) is 0 Å². The van der Waals surface area contributed by atoms with Crippen molar-refractivity contribution >= 4 is 11.9 Å². The molecule has 0 aliphatic heterocycles. The first-order chi connectivity index (χ1) is 7.30. The van der Waals surface area contributed by atoms with Gasteiger partial charge in [-0.2, -0.15) is 15.0 Å². The van der Waals surface area contributed by atoms with Crippen LogP contribution in [0.3, 0.4) is 0 Å². The maximum Gasteiger partial charge on any atom is 0.322 e. The lowest BCUT2D eigenvalue weighted by atomic mass is 10.7. The molecule has 0 radical (unpaired) electrons. The van der Waals surface area contributed by atoms with E-state index < -0.39 is 0 Å². The van der Waals surface area contributed by atoms with E-state index in [1.807, 2.05) is 0 Å². The van der Waals surface area contributed by atoms with E-state index in [2.05, 4.69) is 25.6 Å². The zero-order valence-corrected chi connectivity index (χ0v) is 9.07. The summed E-state index contributed by atoms with van der Waals surface area (Å²) in [6, 6.07) is 0.272. The van der Waals surface area contributed by atoms with E-state index in [1.54, 1.807) is 14.2 Å². The Morgan fingerprint density at radius 1 is 1.13 bits per heavy atom. The molecular formula is C8H15N5O2. The van der Waals surface area contributed by atoms with Gasteiger partial charge in [0.05, 0.1) is 13.7 Å². The number of aromatic nitrogens is 3. The molecule has 0 saturated heterocycles. The highest BCUT2D eigenvalue weighted by Crippen LogP contribution is 2.09. The fourth-order valence-corrected chi connectivity index (χ4v) is 0.904. The Hall–Kier alpha value is -1.63. The van der Waals surface area contributed by atoms with Gasteiger partial charge in [-0.05, 0) is 0 Å². The highest BCUT2D eigenvalue weighted by Gasteiger charge is 2.04. The van der Waals surface area contributed by atoms with Crippen molar-refractivity contribution in [1.82, 2.24) is 15.0 Å². The van der Waals surface area contributed by atoms with Crippen LogP contribution in [0.15, 0.2) is 0 Å². The number of anilines is 2. The van der Waals surface area contributed by atoms with Crippen LogP contribution in [0.4, 0.5) is 11.9 Å². The molecule has 1 rings (SSSR count). The van der Waals surface area contributed by atoms with Gasteiger partial charge in [-0.15, -0.1) is 0 Å². The molecule has 0 aliphatic carbocycles. The molecule has 7 nitrogen and oxygen atoms in total. The maximum atomic E-state index is 4.93. The molecular weight excluding hydrogens is 198 g/mol. The molecule has 0 amide bonds. The third-order valence-electron chi connectivity index (χ3n) is 1.61. The average molecular weight is 213 g/mol. The first kappa shape index (κ1) is 11.4. The summed E-state index contributed by atoms with van der Waals surface area (Å²) in [4.78, 5) is 12.1. The molecule has 0 spiro atoms. The van der Waals surface area contributed by atoms with E-state index in [0.29, 0.717) is 25.0 Å². The fourth-order valence-electron chi connectivity index (χ4n) is 0.904. The minimum Gasteiger partial charge on any atom is -0.467 e. The molecule has 0 bridgehead atoms. The summed E-state index contributed by atoms with van der Waals surface area (Å²) in [5, 5.41) is 5.81. The first-order valence-corrected chi connectivity index (χ1v) is 4.50. The Balaban J connectivity index is 2.68. The maximum absolute atomic E-state index is 4.93. The monoisotopic (exact) mass is 213 g/mol. The molecule has 0 aliphatic rings. The summed E-state index contributed by atoms with van der Waals surface area (Å²) in [5.74, 6) is 0.921. The molecule has 0 saturated carbocycles. The topological polar surface area (TPSA) is 81.2 Å². The molecule has 0 fully saturated rings. The lowest BCUT2D eigenvalue weighted by Gasteiger charge is -2.06. The van der Waals surface area contributed by atoms with Gasteiger partial charge in [0.15, 0.2) is 0 Å². The summed E-state index contributed by atoms with van der Waals surface area (Å²) in [6.07, 6.45) is 0. The number of hydrogen-bond acceptors (Lipinski definition) is 7. The van der Waals surface area contributed by atoms with E-state index in [1.165, 1.54) is 7.11 Å². The van der Waals surface area contributed by atoms with E-state index in [-0.39, 0.29) is 6.01 Å². The molecule has 0 aromatic carbocycles. The van der Waals surface area contributed by atoms with Crippen LogP contribution in [0.1, 0.15) is 0 Å². The second-order valence-corrected chi connectivity index (χ2v) is 2.64. The SMILES string of the molecule is CNc1nc(NCCOC)nc(OC)n1. The van der Waals surface area contributed by atoms with E-state index in [9.17, 15) is 0 Å². The molecule has 1 aromatic rings. The number of nitrogens with zero attached hydrogens (tertiary/aromatic N) is 3. The summed E-state index contributed by atoms with van der Waals surface area (Å²) in [6.45, 7) is 1.22. The molecule has 1 heterocycles. The Bertz CT molecular complexity index is 285.